The summed E-state index contributed by atoms with van der Waals surface area (Å²) in [5.74, 6) is -0.560. The first kappa shape index (κ1) is 22.0. The molecule has 0 unspecified atom stereocenters. The summed E-state index contributed by atoms with van der Waals surface area (Å²) in [6.45, 7) is 5.50. The molecule has 1 aromatic rings. The van der Waals surface area contributed by atoms with Gasteiger partial charge in [0.05, 0.1) is 18.7 Å². The normalized spacial score (nSPS) is 18.9. The molecule has 0 aliphatic carbocycles. The number of hydrogen-bond donors (Lipinski definition) is 2. The van der Waals surface area contributed by atoms with Crippen molar-refractivity contribution < 1.29 is 23.9 Å². The summed E-state index contributed by atoms with van der Waals surface area (Å²) in [6.07, 6.45) is 0.0913. The minimum Gasteiger partial charge on any atom is -0.467 e. The number of esters is 1. The number of likely N-dealkylation sites (tertiary alicyclic amines) is 1. The predicted octanol–water partition coefficient (Wildman–Crippen LogP) is 2.62. The van der Waals surface area contributed by atoms with E-state index in [4.69, 9.17) is 14.7 Å². The van der Waals surface area contributed by atoms with Crippen molar-refractivity contribution in [3.63, 3.8) is 0 Å². The third-order valence-corrected chi connectivity index (χ3v) is 4.31. The van der Waals surface area contributed by atoms with Crippen molar-refractivity contribution >= 4 is 23.8 Å². The van der Waals surface area contributed by atoms with Crippen molar-refractivity contribution in [1.82, 2.24) is 10.2 Å². The topological polar surface area (TPSA) is 121 Å². The van der Waals surface area contributed by atoms with Gasteiger partial charge in [-0.3, -0.25) is 4.90 Å². The number of amides is 3. The van der Waals surface area contributed by atoms with Gasteiger partial charge in [-0.25, -0.2) is 14.4 Å². The van der Waals surface area contributed by atoms with E-state index in [0.717, 1.165) is 0 Å². The Kier molecular flexibility index (Phi) is 7.04. The summed E-state index contributed by atoms with van der Waals surface area (Å²) in [6, 6.07) is 6.85. The zero-order valence-electron chi connectivity index (χ0n) is 17.0. The molecule has 2 atom stereocenters. The van der Waals surface area contributed by atoms with Crippen LogP contribution >= 0.6 is 0 Å². The van der Waals surface area contributed by atoms with Gasteiger partial charge in [-0.1, -0.05) is 0 Å². The van der Waals surface area contributed by atoms with Crippen LogP contribution in [0, 0.1) is 11.3 Å². The lowest BCUT2D eigenvalue weighted by Gasteiger charge is -2.38. The summed E-state index contributed by atoms with van der Waals surface area (Å²) in [4.78, 5) is 38.3. The highest BCUT2D eigenvalue weighted by molar-refractivity contribution is 5.89. The van der Waals surface area contributed by atoms with Gasteiger partial charge in [0.15, 0.2) is 0 Å². The van der Waals surface area contributed by atoms with Crippen molar-refractivity contribution in [1.29, 1.82) is 5.26 Å². The van der Waals surface area contributed by atoms with Crippen LogP contribution in [0.2, 0.25) is 0 Å². The number of carbonyl (C=O) groups excluding carboxylic acids is 3. The fraction of sp³-hybridized carbons (Fsp3) is 0.500. The first-order valence-electron chi connectivity index (χ1n) is 9.28. The van der Waals surface area contributed by atoms with Gasteiger partial charge in [0.2, 0.25) is 0 Å². The van der Waals surface area contributed by atoms with Gasteiger partial charge in [-0.05, 0) is 57.9 Å². The van der Waals surface area contributed by atoms with E-state index in [-0.39, 0.29) is 19.0 Å². The summed E-state index contributed by atoms with van der Waals surface area (Å²) >= 11 is 0. The van der Waals surface area contributed by atoms with Gasteiger partial charge in [-0.2, -0.15) is 5.26 Å². The van der Waals surface area contributed by atoms with Crippen molar-refractivity contribution in [2.75, 3.05) is 19.0 Å². The Morgan fingerprint density at radius 1 is 1.21 bits per heavy atom. The number of methoxy groups -OCH3 is 1. The molecule has 0 spiro atoms. The number of nitrogens with one attached hydrogen (secondary N) is 2. The third-order valence-electron chi connectivity index (χ3n) is 4.31. The molecule has 1 saturated heterocycles. The van der Waals surface area contributed by atoms with Crippen LogP contribution in [-0.2, 0) is 14.3 Å². The van der Waals surface area contributed by atoms with Gasteiger partial charge < -0.3 is 20.1 Å². The number of carbonyl (C=O) groups is 3. The van der Waals surface area contributed by atoms with Crippen LogP contribution in [-0.4, -0.2) is 54.3 Å². The number of ether oxygens (including phenoxy) is 2. The molecule has 1 aliphatic rings. The first-order valence-corrected chi connectivity index (χ1v) is 9.28. The number of benzene rings is 1. The van der Waals surface area contributed by atoms with Gasteiger partial charge in [0.1, 0.15) is 11.6 Å². The fourth-order valence-electron chi connectivity index (χ4n) is 2.98. The molecule has 9 heteroatoms. The van der Waals surface area contributed by atoms with E-state index in [9.17, 15) is 14.4 Å². The lowest BCUT2D eigenvalue weighted by molar-refractivity contribution is -0.148. The highest BCUT2D eigenvalue weighted by Gasteiger charge is 2.39. The highest BCUT2D eigenvalue weighted by Crippen LogP contribution is 2.22. The van der Waals surface area contributed by atoms with Crippen LogP contribution in [0.15, 0.2) is 24.3 Å². The number of nitriles is 1. The molecule has 0 radical (unpaired) electrons. The maximum Gasteiger partial charge on any atom is 0.411 e. The van der Waals surface area contributed by atoms with E-state index >= 15 is 0 Å². The molecule has 29 heavy (non-hydrogen) atoms. The van der Waals surface area contributed by atoms with Gasteiger partial charge >= 0.3 is 18.1 Å². The summed E-state index contributed by atoms with van der Waals surface area (Å²) in [7, 11) is 1.25. The molecule has 1 fully saturated rings. The van der Waals surface area contributed by atoms with Crippen LogP contribution in [0.25, 0.3) is 0 Å². The van der Waals surface area contributed by atoms with Gasteiger partial charge in [0, 0.05) is 18.3 Å². The summed E-state index contributed by atoms with van der Waals surface area (Å²) in [5, 5.41) is 14.3. The molecule has 0 aromatic heterocycles. The number of hydrogen-bond acceptors (Lipinski definition) is 6. The van der Waals surface area contributed by atoms with Crippen molar-refractivity contribution in [2.24, 2.45) is 0 Å². The number of anilines is 1. The Morgan fingerprint density at radius 3 is 2.41 bits per heavy atom. The lowest BCUT2D eigenvalue weighted by Crippen LogP contribution is -2.56. The molecule has 2 rings (SSSR count). The van der Waals surface area contributed by atoms with E-state index in [1.165, 1.54) is 12.0 Å². The average Bonchev–Trinajstić information content (AvgIpc) is 2.66. The van der Waals surface area contributed by atoms with Crippen LogP contribution in [0.1, 0.15) is 39.2 Å². The van der Waals surface area contributed by atoms with E-state index in [2.05, 4.69) is 10.6 Å². The Hall–Kier alpha value is -3.28. The van der Waals surface area contributed by atoms with Crippen LogP contribution in [0.5, 0.6) is 0 Å². The predicted molar refractivity (Wildman–Crippen MR) is 105 cm³/mol. The standard InChI is InChI=1S/C20H26N4O5/c1-20(2,3)29-19(27)24-10-9-15(11-16(24)17(25)28-4)23-18(26)22-14-7-5-13(12-21)6-8-14/h5-8,15-16H,9-11H2,1-4H3,(H2,22,23,26)/t15-,16-/m1/s1. The van der Waals surface area contributed by atoms with E-state index in [1.54, 1.807) is 45.0 Å². The molecule has 1 aromatic carbocycles. The molecule has 2 N–H and O–H groups in total. The van der Waals surface area contributed by atoms with Crippen molar-refractivity contribution in [2.45, 2.75) is 51.3 Å². The maximum absolute atomic E-state index is 12.4. The molecule has 3 amide bonds. The monoisotopic (exact) mass is 402 g/mol. The van der Waals surface area contributed by atoms with Crippen LogP contribution in [0.4, 0.5) is 15.3 Å². The number of urea groups is 1. The summed E-state index contributed by atoms with van der Waals surface area (Å²) in [5.41, 5.74) is 0.344. The molecule has 0 bridgehead atoms. The number of piperidine rings is 1. The van der Waals surface area contributed by atoms with E-state index in [0.29, 0.717) is 17.7 Å². The number of nitrogens with zero attached hydrogens (tertiary/aromatic N) is 2. The Morgan fingerprint density at radius 2 is 1.86 bits per heavy atom. The Bertz CT molecular complexity index is 795. The molecule has 9 nitrogen and oxygen atoms in total. The Labute approximate surface area is 169 Å². The highest BCUT2D eigenvalue weighted by atomic mass is 16.6. The van der Waals surface area contributed by atoms with Crippen molar-refractivity contribution in [3.05, 3.63) is 29.8 Å². The molecule has 1 aliphatic heterocycles. The van der Waals surface area contributed by atoms with Crippen LogP contribution in [0.3, 0.4) is 0 Å². The second-order valence-electron chi connectivity index (χ2n) is 7.72. The van der Waals surface area contributed by atoms with Crippen LogP contribution < -0.4 is 10.6 Å². The zero-order valence-corrected chi connectivity index (χ0v) is 17.0. The minimum absolute atomic E-state index is 0.215. The molecular weight excluding hydrogens is 376 g/mol. The quantitative estimate of drug-likeness (QED) is 0.750. The fourth-order valence-corrected chi connectivity index (χ4v) is 2.98. The van der Waals surface area contributed by atoms with Gasteiger partial charge in [-0.15, -0.1) is 0 Å². The second-order valence-corrected chi connectivity index (χ2v) is 7.72. The Balaban J connectivity index is 1.99. The SMILES string of the molecule is COC(=O)[C@H]1C[C@H](NC(=O)Nc2ccc(C#N)cc2)CCN1C(=O)OC(C)(C)C. The van der Waals surface area contributed by atoms with Gasteiger partial charge in [0.25, 0.3) is 0 Å². The lowest BCUT2D eigenvalue weighted by atomic mass is 9.97. The van der Waals surface area contributed by atoms with E-state index < -0.39 is 29.7 Å². The molecule has 156 valence electrons. The average molecular weight is 402 g/mol. The third kappa shape index (κ3) is 6.38. The smallest absolute Gasteiger partial charge is 0.411 e. The van der Waals surface area contributed by atoms with E-state index in [1.807, 2.05) is 6.07 Å². The minimum atomic E-state index is -0.844. The summed E-state index contributed by atoms with van der Waals surface area (Å²) < 4.78 is 10.2. The molecule has 0 saturated carbocycles. The van der Waals surface area contributed by atoms with Crippen molar-refractivity contribution in [3.8, 4) is 6.07 Å². The maximum atomic E-state index is 12.4. The molecular formula is C20H26N4O5. The first-order chi connectivity index (χ1) is 13.6. The zero-order chi connectivity index (χ0) is 21.6. The second kappa shape index (κ2) is 9.28. The molecule has 1 heterocycles. The number of rotatable bonds is 3. The largest absolute Gasteiger partial charge is 0.467 e.